The molecule has 7 heteroatoms. The maximum absolute atomic E-state index is 12.8. The highest BCUT2D eigenvalue weighted by Gasteiger charge is 2.39. The third-order valence-electron chi connectivity index (χ3n) is 4.47. The van der Waals surface area contributed by atoms with Gasteiger partial charge in [0, 0.05) is 19.8 Å². The molecule has 7 nitrogen and oxygen atoms in total. The average Bonchev–Trinajstić information content (AvgIpc) is 2.62. The molecule has 0 N–H and O–H groups in total. The van der Waals surface area contributed by atoms with E-state index in [2.05, 4.69) is 0 Å². The second kappa shape index (κ2) is 7.82. The Labute approximate surface area is 159 Å². The van der Waals surface area contributed by atoms with E-state index in [9.17, 15) is 14.4 Å². The van der Waals surface area contributed by atoms with Gasteiger partial charge in [0.25, 0.3) is 0 Å². The van der Waals surface area contributed by atoms with Crippen molar-refractivity contribution in [2.45, 2.75) is 33.7 Å². The van der Waals surface area contributed by atoms with Gasteiger partial charge >= 0.3 is 18.0 Å². The lowest BCUT2D eigenvalue weighted by atomic mass is 9.94. The van der Waals surface area contributed by atoms with E-state index < -0.39 is 30.2 Å². The van der Waals surface area contributed by atoms with Gasteiger partial charge in [-0.1, -0.05) is 30.3 Å². The molecule has 0 saturated carbocycles. The van der Waals surface area contributed by atoms with Crippen molar-refractivity contribution in [3.8, 4) is 0 Å². The highest BCUT2D eigenvalue weighted by Crippen LogP contribution is 2.36. The number of likely N-dealkylation sites (N-methyl/N-ethyl adjacent to an activating group) is 1. The SMILES string of the molecule is CC1=C(C(=O)OCOC(=O)C(C)(C)C)[C@@H](c2ccccc2)N(C)C(=O)N1C. The lowest BCUT2D eigenvalue weighted by Gasteiger charge is -2.39. The zero-order valence-electron chi connectivity index (χ0n) is 16.6. The Morgan fingerprint density at radius 3 is 2.22 bits per heavy atom. The van der Waals surface area contributed by atoms with Crippen molar-refractivity contribution >= 4 is 18.0 Å². The molecule has 0 spiro atoms. The normalized spacial score (nSPS) is 17.9. The fourth-order valence-corrected chi connectivity index (χ4v) is 2.78. The number of allylic oxidation sites excluding steroid dienone is 1. The lowest BCUT2D eigenvalue weighted by molar-refractivity contribution is -0.171. The molecule has 1 heterocycles. The number of esters is 2. The number of nitrogens with zero attached hydrogens (tertiary/aromatic N) is 2. The Morgan fingerprint density at radius 1 is 1.07 bits per heavy atom. The molecule has 146 valence electrons. The van der Waals surface area contributed by atoms with Crippen LogP contribution in [-0.2, 0) is 19.1 Å². The Hall–Kier alpha value is -2.83. The van der Waals surface area contributed by atoms with E-state index in [-0.39, 0.29) is 6.03 Å². The van der Waals surface area contributed by atoms with Gasteiger partial charge in [0.2, 0.25) is 6.79 Å². The van der Waals surface area contributed by atoms with Crippen LogP contribution >= 0.6 is 0 Å². The van der Waals surface area contributed by atoms with Crippen molar-refractivity contribution in [3.63, 3.8) is 0 Å². The number of carbonyl (C=O) groups is 3. The van der Waals surface area contributed by atoms with E-state index in [0.717, 1.165) is 5.56 Å². The summed E-state index contributed by atoms with van der Waals surface area (Å²) in [4.78, 5) is 40.0. The molecule has 1 aliphatic rings. The maximum Gasteiger partial charge on any atom is 0.341 e. The van der Waals surface area contributed by atoms with Crippen molar-refractivity contribution in [2.24, 2.45) is 5.41 Å². The number of amides is 2. The van der Waals surface area contributed by atoms with Crippen LogP contribution in [0.4, 0.5) is 4.79 Å². The van der Waals surface area contributed by atoms with Crippen LogP contribution in [0.1, 0.15) is 39.3 Å². The van der Waals surface area contributed by atoms with Gasteiger partial charge in [0.15, 0.2) is 0 Å². The van der Waals surface area contributed by atoms with Crippen LogP contribution in [0.2, 0.25) is 0 Å². The molecule has 2 amide bonds. The van der Waals surface area contributed by atoms with Gasteiger partial charge < -0.3 is 19.3 Å². The first kappa shape index (κ1) is 20.5. The summed E-state index contributed by atoms with van der Waals surface area (Å²) in [7, 11) is 3.23. The number of rotatable bonds is 4. The van der Waals surface area contributed by atoms with Crippen LogP contribution in [-0.4, -0.2) is 48.7 Å². The van der Waals surface area contributed by atoms with E-state index in [1.165, 1.54) is 9.80 Å². The molecule has 2 rings (SSSR count). The Morgan fingerprint density at radius 2 is 1.67 bits per heavy atom. The monoisotopic (exact) mass is 374 g/mol. The number of hydrogen-bond acceptors (Lipinski definition) is 5. The maximum atomic E-state index is 12.8. The smallest absolute Gasteiger partial charge is 0.341 e. The fraction of sp³-hybridized carbons (Fsp3) is 0.450. The quantitative estimate of drug-likeness (QED) is 0.598. The van der Waals surface area contributed by atoms with E-state index in [4.69, 9.17) is 9.47 Å². The summed E-state index contributed by atoms with van der Waals surface area (Å²) in [5.41, 5.74) is 0.933. The molecule has 1 aromatic carbocycles. The van der Waals surface area contributed by atoms with Gasteiger partial charge in [-0.3, -0.25) is 4.79 Å². The van der Waals surface area contributed by atoms with Crippen LogP contribution in [0.3, 0.4) is 0 Å². The van der Waals surface area contributed by atoms with Crippen molar-refractivity contribution in [1.82, 2.24) is 9.80 Å². The highest BCUT2D eigenvalue weighted by molar-refractivity contribution is 5.95. The molecular formula is C20H26N2O5. The van der Waals surface area contributed by atoms with Gasteiger partial charge in [-0.15, -0.1) is 0 Å². The Balaban J connectivity index is 2.28. The summed E-state index contributed by atoms with van der Waals surface area (Å²) in [6.45, 7) is 6.36. The summed E-state index contributed by atoms with van der Waals surface area (Å²) in [5.74, 6) is -1.09. The van der Waals surface area contributed by atoms with E-state index in [1.54, 1.807) is 41.8 Å². The minimum absolute atomic E-state index is 0.225. The van der Waals surface area contributed by atoms with Crippen molar-refractivity contribution < 1.29 is 23.9 Å². The molecular weight excluding hydrogens is 348 g/mol. The zero-order chi connectivity index (χ0) is 20.4. The molecule has 0 unspecified atom stereocenters. The van der Waals surface area contributed by atoms with Crippen LogP contribution in [0.25, 0.3) is 0 Å². The standard InChI is InChI=1S/C20H26N2O5/c1-13-15(17(23)26-12-27-18(24)20(2,3)4)16(14-10-8-7-9-11-14)22(6)19(25)21(13)5/h7-11,16H,12H2,1-6H3/t16-/m1/s1. The van der Waals surface area contributed by atoms with E-state index in [1.807, 2.05) is 30.3 Å². The first-order chi connectivity index (χ1) is 12.6. The van der Waals surface area contributed by atoms with E-state index >= 15 is 0 Å². The molecule has 0 radical (unpaired) electrons. The van der Waals surface area contributed by atoms with Crippen molar-refractivity contribution in [1.29, 1.82) is 0 Å². The summed E-state index contributed by atoms with van der Waals surface area (Å²) in [6, 6.07) is 8.43. The van der Waals surface area contributed by atoms with Gasteiger partial charge in [-0.25, -0.2) is 9.59 Å². The van der Waals surface area contributed by atoms with Crippen molar-refractivity contribution in [3.05, 3.63) is 47.2 Å². The summed E-state index contributed by atoms with van der Waals surface area (Å²) < 4.78 is 10.2. The minimum atomic E-state index is -0.689. The van der Waals surface area contributed by atoms with Gasteiger partial charge in [-0.2, -0.15) is 0 Å². The molecule has 0 saturated heterocycles. The summed E-state index contributed by atoms with van der Waals surface area (Å²) in [5, 5.41) is 0. The molecule has 0 aliphatic carbocycles. The molecule has 1 aromatic rings. The van der Waals surface area contributed by atoms with Crippen LogP contribution in [0, 0.1) is 5.41 Å². The van der Waals surface area contributed by atoms with Crippen LogP contribution in [0.5, 0.6) is 0 Å². The lowest BCUT2D eigenvalue weighted by Crippen LogP contribution is -2.47. The number of carbonyl (C=O) groups excluding carboxylic acids is 3. The molecule has 27 heavy (non-hydrogen) atoms. The van der Waals surface area contributed by atoms with Crippen LogP contribution < -0.4 is 0 Å². The summed E-state index contributed by atoms with van der Waals surface area (Å²) >= 11 is 0. The average molecular weight is 374 g/mol. The summed E-state index contributed by atoms with van der Waals surface area (Å²) in [6.07, 6.45) is 0. The Kier molecular flexibility index (Phi) is 5.93. The second-order valence-corrected chi connectivity index (χ2v) is 7.50. The largest absolute Gasteiger partial charge is 0.427 e. The van der Waals surface area contributed by atoms with Crippen LogP contribution in [0.15, 0.2) is 41.6 Å². The predicted molar refractivity (Wildman–Crippen MR) is 99.3 cm³/mol. The van der Waals surface area contributed by atoms with Crippen molar-refractivity contribution in [2.75, 3.05) is 20.9 Å². The zero-order valence-corrected chi connectivity index (χ0v) is 16.6. The molecule has 0 fully saturated rings. The fourth-order valence-electron chi connectivity index (χ4n) is 2.78. The number of hydrogen-bond donors (Lipinski definition) is 0. The Bertz CT molecular complexity index is 764. The minimum Gasteiger partial charge on any atom is -0.427 e. The number of ether oxygens (including phenoxy) is 2. The number of urea groups is 1. The first-order valence-corrected chi connectivity index (χ1v) is 8.66. The molecule has 0 aromatic heterocycles. The molecule has 0 bridgehead atoms. The first-order valence-electron chi connectivity index (χ1n) is 8.66. The third kappa shape index (κ3) is 4.30. The number of benzene rings is 1. The topological polar surface area (TPSA) is 76.1 Å². The molecule has 1 aliphatic heterocycles. The predicted octanol–water partition coefficient (Wildman–Crippen LogP) is 3.09. The van der Waals surface area contributed by atoms with Gasteiger partial charge in [0.1, 0.15) is 0 Å². The van der Waals surface area contributed by atoms with Gasteiger partial charge in [-0.05, 0) is 33.3 Å². The second-order valence-electron chi connectivity index (χ2n) is 7.50. The third-order valence-corrected chi connectivity index (χ3v) is 4.47. The van der Waals surface area contributed by atoms with E-state index in [0.29, 0.717) is 11.3 Å². The highest BCUT2D eigenvalue weighted by atomic mass is 16.7. The van der Waals surface area contributed by atoms with Gasteiger partial charge in [0.05, 0.1) is 17.0 Å². The molecule has 1 atom stereocenters.